The summed E-state index contributed by atoms with van der Waals surface area (Å²) in [5.74, 6) is 0.920. The maximum atomic E-state index is 6.04. The van der Waals surface area contributed by atoms with Crippen molar-refractivity contribution >= 4 is 28.3 Å². The summed E-state index contributed by atoms with van der Waals surface area (Å²) in [6.45, 7) is 4.28. The molecule has 0 fully saturated rings. The lowest BCUT2D eigenvalue weighted by molar-refractivity contribution is 0.302. The van der Waals surface area contributed by atoms with E-state index in [-0.39, 0.29) is 12.4 Å². The number of nitrogens with one attached hydrogen (secondary N) is 1. The first-order valence-electron chi connectivity index (χ1n) is 8.42. The largest absolute Gasteiger partial charge is 0.489 e. The van der Waals surface area contributed by atoms with E-state index in [1.807, 2.05) is 30.3 Å². The Bertz CT molecular complexity index is 806. The van der Waals surface area contributed by atoms with Crippen molar-refractivity contribution in [3.05, 3.63) is 99.5 Å². The van der Waals surface area contributed by atoms with Crippen molar-refractivity contribution in [1.29, 1.82) is 0 Å². The summed E-state index contributed by atoms with van der Waals surface area (Å²) in [7, 11) is 0. The number of benzene rings is 3. The van der Waals surface area contributed by atoms with Gasteiger partial charge in [0, 0.05) is 23.1 Å². The van der Waals surface area contributed by atoms with E-state index in [9.17, 15) is 0 Å². The smallest absolute Gasteiger partial charge is 0.124 e. The summed E-state index contributed by atoms with van der Waals surface area (Å²) in [5, 5.41) is 3.50. The average molecular weight is 433 g/mol. The minimum absolute atomic E-state index is 0. The van der Waals surface area contributed by atoms with Crippen LogP contribution < -0.4 is 10.1 Å². The molecule has 0 aliphatic heterocycles. The summed E-state index contributed by atoms with van der Waals surface area (Å²) < 4.78 is 7.10. The van der Waals surface area contributed by atoms with Crippen LogP contribution in [0.5, 0.6) is 5.75 Å². The molecule has 26 heavy (non-hydrogen) atoms. The molecule has 0 saturated carbocycles. The normalized spacial score (nSPS) is 10.2. The zero-order valence-electron chi connectivity index (χ0n) is 14.7. The molecule has 0 aromatic heterocycles. The van der Waals surface area contributed by atoms with Gasteiger partial charge in [-0.1, -0.05) is 76.1 Å². The number of ether oxygens (including phenoxy) is 1. The number of aryl methyl sites for hydroxylation is 1. The first kappa shape index (κ1) is 20.5. The molecule has 0 aliphatic carbocycles. The van der Waals surface area contributed by atoms with E-state index in [2.05, 4.69) is 70.6 Å². The van der Waals surface area contributed by atoms with Crippen LogP contribution in [0.1, 0.15) is 22.3 Å². The van der Waals surface area contributed by atoms with Crippen molar-refractivity contribution in [2.24, 2.45) is 0 Å². The fourth-order valence-electron chi connectivity index (χ4n) is 2.61. The summed E-state index contributed by atoms with van der Waals surface area (Å²) in [4.78, 5) is 0. The molecule has 0 aliphatic rings. The molecule has 0 unspecified atom stereocenters. The number of hydrogen-bond donors (Lipinski definition) is 1. The topological polar surface area (TPSA) is 21.3 Å². The molecule has 0 amide bonds. The summed E-state index contributed by atoms with van der Waals surface area (Å²) >= 11 is 3.55. The average Bonchev–Trinajstić information content (AvgIpc) is 2.63. The lowest BCUT2D eigenvalue weighted by atomic mass is 10.1. The van der Waals surface area contributed by atoms with Gasteiger partial charge in [0.2, 0.25) is 0 Å². The van der Waals surface area contributed by atoms with Crippen molar-refractivity contribution < 1.29 is 4.74 Å². The highest BCUT2D eigenvalue weighted by molar-refractivity contribution is 9.10. The van der Waals surface area contributed by atoms with Gasteiger partial charge in [0.05, 0.1) is 0 Å². The van der Waals surface area contributed by atoms with Crippen LogP contribution in [0.4, 0.5) is 0 Å². The maximum absolute atomic E-state index is 6.04. The molecular weight excluding hydrogens is 410 g/mol. The standard InChI is InChI=1S/C22H22BrNO.ClH/c1-17-7-9-18(10-8-17)14-24-15-20-13-21(23)11-12-22(20)25-16-19-5-3-2-4-6-19;/h2-13,24H,14-16H2,1H3;1H. The Morgan fingerprint density at radius 1 is 0.846 bits per heavy atom. The van der Waals surface area contributed by atoms with Gasteiger partial charge in [-0.05, 0) is 36.2 Å². The lowest BCUT2D eigenvalue weighted by Gasteiger charge is -2.13. The third-order valence-corrected chi connectivity index (χ3v) is 4.52. The highest BCUT2D eigenvalue weighted by Gasteiger charge is 2.05. The molecule has 2 nitrogen and oxygen atoms in total. The van der Waals surface area contributed by atoms with Crippen LogP contribution in [0.25, 0.3) is 0 Å². The second-order valence-electron chi connectivity index (χ2n) is 6.12. The summed E-state index contributed by atoms with van der Waals surface area (Å²) in [5.41, 5.74) is 4.89. The van der Waals surface area contributed by atoms with Crippen molar-refractivity contribution in [2.75, 3.05) is 0 Å². The molecule has 0 heterocycles. The molecule has 4 heteroatoms. The molecule has 3 aromatic rings. The van der Waals surface area contributed by atoms with Gasteiger partial charge in [-0.25, -0.2) is 0 Å². The van der Waals surface area contributed by atoms with Gasteiger partial charge in [0.15, 0.2) is 0 Å². The molecule has 3 aromatic carbocycles. The SMILES string of the molecule is Cc1ccc(CNCc2cc(Br)ccc2OCc2ccccc2)cc1.Cl. The van der Waals surface area contributed by atoms with Gasteiger partial charge >= 0.3 is 0 Å². The summed E-state index contributed by atoms with van der Waals surface area (Å²) in [6, 6.07) is 25.0. The minimum atomic E-state index is 0. The first-order chi connectivity index (χ1) is 12.2. The van der Waals surface area contributed by atoms with E-state index in [0.29, 0.717) is 6.61 Å². The molecule has 3 rings (SSSR count). The van der Waals surface area contributed by atoms with Crippen molar-refractivity contribution in [2.45, 2.75) is 26.6 Å². The molecule has 136 valence electrons. The van der Waals surface area contributed by atoms with Crippen LogP contribution in [-0.2, 0) is 19.7 Å². The van der Waals surface area contributed by atoms with E-state index in [1.165, 1.54) is 16.7 Å². The van der Waals surface area contributed by atoms with Crippen molar-refractivity contribution in [3.8, 4) is 5.75 Å². The monoisotopic (exact) mass is 431 g/mol. The van der Waals surface area contributed by atoms with Crippen LogP contribution in [0.15, 0.2) is 77.3 Å². The Morgan fingerprint density at radius 3 is 2.31 bits per heavy atom. The Kier molecular flexibility index (Phi) is 8.17. The molecule has 1 N–H and O–H groups in total. The van der Waals surface area contributed by atoms with E-state index < -0.39 is 0 Å². The van der Waals surface area contributed by atoms with Gasteiger partial charge < -0.3 is 10.1 Å². The zero-order chi connectivity index (χ0) is 17.5. The highest BCUT2D eigenvalue weighted by atomic mass is 79.9. The van der Waals surface area contributed by atoms with E-state index >= 15 is 0 Å². The fourth-order valence-corrected chi connectivity index (χ4v) is 3.02. The Morgan fingerprint density at radius 2 is 1.58 bits per heavy atom. The molecule has 0 saturated heterocycles. The lowest BCUT2D eigenvalue weighted by Crippen LogP contribution is -2.13. The summed E-state index contributed by atoms with van der Waals surface area (Å²) in [6.07, 6.45) is 0. The van der Waals surface area contributed by atoms with E-state index in [1.54, 1.807) is 0 Å². The third-order valence-electron chi connectivity index (χ3n) is 4.02. The predicted octanol–water partition coefficient (Wildman–Crippen LogP) is 6.05. The van der Waals surface area contributed by atoms with Crippen LogP contribution in [0, 0.1) is 6.92 Å². The van der Waals surface area contributed by atoms with E-state index in [4.69, 9.17) is 4.74 Å². The molecule has 0 radical (unpaired) electrons. The van der Waals surface area contributed by atoms with Gasteiger partial charge in [0.1, 0.15) is 12.4 Å². The van der Waals surface area contributed by atoms with E-state index in [0.717, 1.165) is 28.9 Å². The molecule has 0 bridgehead atoms. The van der Waals surface area contributed by atoms with Gasteiger partial charge in [-0.3, -0.25) is 0 Å². The van der Waals surface area contributed by atoms with Gasteiger partial charge in [-0.2, -0.15) is 0 Å². The minimum Gasteiger partial charge on any atom is -0.489 e. The predicted molar refractivity (Wildman–Crippen MR) is 114 cm³/mol. The Hall–Kier alpha value is -1.81. The zero-order valence-corrected chi connectivity index (χ0v) is 17.1. The maximum Gasteiger partial charge on any atom is 0.124 e. The number of hydrogen-bond acceptors (Lipinski definition) is 2. The van der Waals surface area contributed by atoms with Crippen molar-refractivity contribution in [1.82, 2.24) is 5.32 Å². The Labute approximate surface area is 170 Å². The van der Waals surface area contributed by atoms with Crippen LogP contribution in [0.2, 0.25) is 0 Å². The fraction of sp³-hybridized carbons (Fsp3) is 0.182. The number of rotatable bonds is 7. The third kappa shape index (κ3) is 6.17. The van der Waals surface area contributed by atoms with Gasteiger partial charge in [-0.15, -0.1) is 12.4 Å². The highest BCUT2D eigenvalue weighted by Crippen LogP contribution is 2.24. The molecule has 0 atom stereocenters. The first-order valence-corrected chi connectivity index (χ1v) is 9.21. The second-order valence-corrected chi connectivity index (χ2v) is 7.03. The Balaban J connectivity index is 0.00000243. The van der Waals surface area contributed by atoms with Crippen molar-refractivity contribution in [3.63, 3.8) is 0 Å². The number of halogens is 2. The van der Waals surface area contributed by atoms with Crippen LogP contribution in [-0.4, -0.2) is 0 Å². The second kappa shape index (κ2) is 10.4. The molecule has 0 spiro atoms. The quantitative estimate of drug-likeness (QED) is 0.491. The molecular formula is C22H23BrClNO. The van der Waals surface area contributed by atoms with Crippen LogP contribution >= 0.6 is 28.3 Å². The van der Waals surface area contributed by atoms with Crippen LogP contribution in [0.3, 0.4) is 0 Å². The van der Waals surface area contributed by atoms with Gasteiger partial charge in [0.25, 0.3) is 0 Å².